The molecule has 24 heavy (non-hydrogen) atoms. The average molecular weight is 331 g/mol. The van der Waals surface area contributed by atoms with Crippen molar-refractivity contribution >= 4 is 17.6 Å². The zero-order valence-electron chi connectivity index (χ0n) is 13.9. The molecule has 2 aromatic rings. The third-order valence-corrected chi connectivity index (χ3v) is 3.27. The van der Waals surface area contributed by atoms with Gasteiger partial charge < -0.3 is 15.4 Å². The number of amides is 2. The van der Waals surface area contributed by atoms with Crippen LogP contribution in [0.3, 0.4) is 0 Å². The van der Waals surface area contributed by atoms with E-state index in [1.54, 1.807) is 21.0 Å². The molecule has 0 aliphatic heterocycles. The van der Waals surface area contributed by atoms with Crippen LogP contribution in [-0.2, 0) is 22.7 Å². The summed E-state index contributed by atoms with van der Waals surface area (Å²) in [4.78, 5) is 23.5. The topological polar surface area (TPSA) is 98.1 Å². The molecule has 128 valence electrons. The van der Waals surface area contributed by atoms with Crippen LogP contribution in [0.5, 0.6) is 5.75 Å². The van der Waals surface area contributed by atoms with Crippen LogP contribution < -0.4 is 15.4 Å². The highest BCUT2D eigenvalue weighted by molar-refractivity contribution is 5.90. The number of hydrogen-bond acceptors (Lipinski definition) is 5. The monoisotopic (exact) mass is 331 g/mol. The highest BCUT2D eigenvalue weighted by Crippen LogP contribution is 2.11. The van der Waals surface area contributed by atoms with E-state index >= 15 is 0 Å². The number of anilines is 1. The summed E-state index contributed by atoms with van der Waals surface area (Å²) in [7, 11) is 1.60. The summed E-state index contributed by atoms with van der Waals surface area (Å²) in [6, 6.07) is 7.44. The van der Waals surface area contributed by atoms with Gasteiger partial charge in [-0.3, -0.25) is 9.59 Å². The van der Waals surface area contributed by atoms with E-state index in [0.717, 1.165) is 11.3 Å². The first kappa shape index (κ1) is 17.5. The van der Waals surface area contributed by atoms with Crippen molar-refractivity contribution in [2.75, 3.05) is 12.4 Å². The van der Waals surface area contributed by atoms with E-state index < -0.39 is 0 Å². The Labute approximate surface area is 140 Å². The molecule has 0 saturated heterocycles. The Morgan fingerprint density at radius 1 is 1.25 bits per heavy atom. The van der Waals surface area contributed by atoms with Crippen LogP contribution >= 0.6 is 0 Å². The molecule has 0 atom stereocenters. The van der Waals surface area contributed by atoms with Gasteiger partial charge in [0.05, 0.1) is 13.3 Å². The molecule has 8 heteroatoms. The lowest BCUT2D eigenvalue weighted by Crippen LogP contribution is -2.27. The molecule has 0 saturated carbocycles. The van der Waals surface area contributed by atoms with Gasteiger partial charge in [-0.05, 0) is 17.7 Å². The second-order valence-corrected chi connectivity index (χ2v) is 5.57. The molecule has 2 amide bonds. The van der Waals surface area contributed by atoms with Crippen molar-refractivity contribution in [3.05, 3.63) is 36.0 Å². The maximum atomic E-state index is 11.9. The SMILES string of the molecule is COc1ccc(CNC(=O)Cn2cc(NC(=O)C(C)C)nn2)cc1. The van der Waals surface area contributed by atoms with Crippen LogP contribution in [0.25, 0.3) is 0 Å². The molecule has 8 nitrogen and oxygen atoms in total. The third-order valence-electron chi connectivity index (χ3n) is 3.27. The van der Waals surface area contributed by atoms with Crippen molar-refractivity contribution in [2.24, 2.45) is 5.92 Å². The molecule has 1 heterocycles. The minimum Gasteiger partial charge on any atom is -0.497 e. The normalized spacial score (nSPS) is 10.5. The average Bonchev–Trinajstić information content (AvgIpc) is 3.00. The van der Waals surface area contributed by atoms with Crippen molar-refractivity contribution in [1.29, 1.82) is 0 Å². The second kappa shape index (κ2) is 8.09. The number of rotatable bonds is 7. The maximum Gasteiger partial charge on any atom is 0.242 e. The van der Waals surface area contributed by atoms with Gasteiger partial charge in [0, 0.05) is 12.5 Å². The predicted molar refractivity (Wildman–Crippen MR) is 88.3 cm³/mol. The van der Waals surface area contributed by atoms with E-state index in [4.69, 9.17) is 4.74 Å². The summed E-state index contributed by atoms with van der Waals surface area (Å²) in [5, 5.41) is 13.1. The lowest BCUT2D eigenvalue weighted by Gasteiger charge is -2.06. The van der Waals surface area contributed by atoms with Crippen molar-refractivity contribution in [3.8, 4) is 5.75 Å². The smallest absolute Gasteiger partial charge is 0.242 e. The number of benzene rings is 1. The van der Waals surface area contributed by atoms with Gasteiger partial charge in [0.25, 0.3) is 0 Å². The van der Waals surface area contributed by atoms with Gasteiger partial charge in [-0.15, -0.1) is 5.10 Å². The zero-order chi connectivity index (χ0) is 17.5. The Morgan fingerprint density at radius 3 is 2.58 bits per heavy atom. The van der Waals surface area contributed by atoms with Crippen LogP contribution in [-0.4, -0.2) is 33.9 Å². The third kappa shape index (κ3) is 5.08. The first-order valence-electron chi connectivity index (χ1n) is 7.58. The number of nitrogens with zero attached hydrogens (tertiary/aromatic N) is 3. The molecule has 0 unspecified atom stereocenters. The maximum absolute atomic E-state index is 11.9. The molecular formula is C16H21N5O3. The fourth-order valence-electron chi connectivity index (χ4n) is 1.85. The number of ether oxygens (including phenoxy) is 1. The summed E-state index contributed by atoms with van der Waals surface area (Å²) in [6.45, 7) is 4.01. The van der Waals surface area contributed by atoms with E-state index in [-0.39, 0.29) is 24.3 Å². The van der Waals surface area contributed by atoms with E-state index in [1.807, 2.05) is 24.3 Å². The fraction of sp³-hybridized carbons (Fsp3) is 0.375. The van der Waals surface area contributed by atoms with E-state index in [9.17, 15) is 9.59 Å². The van der Waals surface area contributed by atoms with Gasteiger partial charge >= 0.3 is 0 Å². The number of nitrogens with one attached hydrogen (secondary N) is 2. The van der Waals surface area contributed by atoms with Gasteiger partial charge in [0.2, 0.25) is 11.8 Å². The Balaban J connectivity index is 1.81. The largest absolute Gasteiger partial charge is 0.497 e. The van der Waals surface area contributed by atoms with Gasteiger partial charge in [-0.1, -0.05) is 31.2 Å². The number of carbonyl (C=O) groups is 2. The minimum absolute atomic E-state index is 0.0285. The fourth-order valence-corrected chi connectivity index (χ4v) is 1.85. The van der Waals surface area contributed by atoms with Crippen molar-refractivity contribution < 1.29 is 14.3 Å². The van der Waals surface area contributed by atoms with E-state index in [2.05, 4.69) is 20.9 Å². The van der Waals surface area contributed by atoms with Gasteiger partial charge in [0.1, 0.15) is 12.3 Å². The van der Waals surface area contributed by atoms with Gasteiger partial charge in [0.15, 0.2) is 5.82 Å². The highest BCUT2D eigenvalue weighted by atomic mass is 16.5. The van der Waals surface area contributed by atoms with Crippen LogP contribution in [0.4, 0.5) is 5.82 Å². The summed E-state index contributed by atoms with van der Waals surface area (Å²) >= 11 is 0. The molecule has 0 radical (unpaired) electrons. The highest BCUT2D eigenvalue weighted by Gasteiger charge is 2.11. The molecule has 1 aromatic carbocycles. The Kier molecular flexibility index (Phi) is 5.89. The summed E-state index contributed by atoms with van der Waals surface area (Å²) < 4.78 is 6.46. The Morgan fingerprint density at radius 2 is 1.96 bits per heavy atom. The first-order valence-corrected chi connectivity index (χ1v) is 7.58. The van der Waals surface area contributed by atoms with Crippen LogP contribution in [0.1, 0.15) is 19.4 Å². The predicted octanol–water partition coefficient (Wildman–Crippen LogP) is 1.20. The number of aromatic nitrogens is 3. The number of methoxy groups -OCH3 is 1. The van der Waals surface area contributed by atoms with Crippen LogP contribution in [0, 0.1) is 5.92 Å². The Bertz CT molecular complexity index is 694. The number of hydrogen-bond donors (Lipinski definition) is 2. The lowest BCUT2D eigenvalue weighted by atomic mass is 10.2. The van der Waals surface area contributed by atoms with Gasteiger partial charge in [-0.2, -0.15) is 0 Å². The van der Waals surface area contributed by atoms with Crippen molar-refractivity contribution in [1.82, 2.24) is 20.3 Å². The number of carbonyl (C=O) groups excluding carboxylic acids is 2. The van der Waals surface area contributed by atoms with Crippen molar-refractivity contribution in [3.63, 3.8) is 0 Å². The molecule has 0 bridgehead atoms. The zero-order valence-corrected chi connectivity index (χ0v) is 13.9. The summed E-state index contributed by atoms with van der Waals surface area (Å²) in [5.74, 6) is 0.603. The molecular weight excluding hydrogens is 310 g/mol. The van der Waals surface area contributed by atoms with Crippen LogP contribution in [0.2, 0.25) is 0 Å². The van der Waals surface area contributed by atoms with E-state index in [0.29, 0.717) is 12.4 Å². The molecule has 0 fully saturated rings. The Hall–Kier alpha value is -2.90. The van der Waals surface area contributed by atoms with E-state index in [1.165, 1.54) is 10.9 Å². The summed E-state index contributed by atoms with van der Waals surface area (Å²) in [5.41, 5.74) is 0.965. The molecule has 2 N–H and O–H groups in total. The molecule has 0 aliphatic rings. The minimum atomic E-state index is -0.197. The molecule has 1 aromatic heterocycles. The lowest BCUT2D eigenvalue weighted by molar-refractivity contribution is -0.122. The standard InChI is InChI=1S/C16H21N5O3/c1-11(2)16(23)18-14-9-21(20-19-14)10-15(22)17-8-12-4-6-13(24-3)7-5-12/h4-7,9,11H,8,10H2,1-3H3,(H,17,22)(H,18,23). The quantitative estimate of drug-likeness (QED) is 0.794. The molecule has 0 aliphatic carbocycles. The summed E-state index contributed by atoms with van der Waals surface area (Å²) in [6.07, 6.45) is 1.52. The van der Waals surface area contributed by atoms with Gasteiger partial charge in [-0.25, -0.2) is 4.68 Å². The molecule has 0 spiro atoms. The van der Waals surface area contributed by atoms with Crippen molar-refractivity contribution in [2.45, 2.75) is 26.9 Å². The second-order valence-electron chi connectivity index (χ2n) is 5.57. The first-order chi connectivity index (χ1) is 11.5. The van der Waals surface area contributed by atoms with Crippen LogP contribution in [0.15, 0.2) is 30.5 Å². The molecule has 2 rings (SSSR count).